The van der Waals surface area contributed by atoms with Gasteiger partial charge in [-0.25, -0.2) is 5.43 Å². The number of hydrogen-bond donors (Lipinski definition) is 2. The Kier molecular flexibility index (Phi) is 9.66. The van der Waals surface area contributed by atoms with Gasteiger partial charge in [0.05, 0.1) is 23.5 Å². The molecule has 3 rings (SSSR count). The van der Waals surface area contributed by atoms with E-state index < -0.39 is 0 Å². The summed E-state index contributed by atoms with van der Waals surface area (Å²) in [6, 6.07) is 20.5. The summed E-state index contributed by atoms with van der Waals surface area (Å²) in [5.74, 6) is 0.609. The summed E-state index contributed by atoms with van der Waals surface area (Å²) in [6.07, 6.45) is 1.55. The van der Waals surface area contributed by atoms with E-state index in [2.05, 4.69) is 47.7 Å². The van der Waals surface area contributed by atoms with Gasteiger partial charge in [-0.15, -0.1) is 0 Å². The Balaban J connectivity index is 1.43. The lowest BCUT2D eigenvalue weighted by Gasteiger charge is -2.09. The number of hydrogen-bond acceptors (Lipinski definition) is 5. The third kappa shape index (κ3) is 8.00. The Morgan fingerprint density at radius 1 is 0.941 bits per heavy atom. The molecule has 3 aromatic carbocycles. The zero-order valence-corrected chi connectivity index (χ0v) is 21.6. The monoisotopic (exact) mass is 587 g/mol. The summed E-state index contributed by atoms with van der Waals surface area (Å²) in [4.78, 5) is 24.1. The Morgan fingerprint density at radius 2 is 1.68 bits per heavy atom. The second kappa shape index (κ2) is 12.9. The number of amides is 2. The molecular formula is C25H23Br2N3O4. The number of ether oxygens (including phenoxy) is 2. The maximum atomic E-state index is 12.1. The maximum Gasteiger partial charge on any atom is 0.240 e. The molecule has 0 aromatic heterocycles. The van der Waals surface area contributed by atoms with Gasteiger partial charge in [-0.1, -0.05) is 40.2 Å². The molecule has 0 bridgehead atoms. The number of carbonyl (C=O) groups is 2. The number of carbonyl (C=O) groups excluding carboxylic acids is 2. The number of para-hydroxylation sites is 2. The van der Waals surface area contributed by atoms with Crippen LogP contribution in [0.2, 0.25) is 0 Å². The van der Waals surface area contributed by atoms with Crippen molar-refractivity contribution >= 4 is 55.6 Å². The molecule has 0 aliphatic carbocycles. The molecule has 9 heteroatoms. The summed E-state index contributed by atoms with van der Waals surface area (Å²) in [7, 11) is 1.53. The van der Waals surface area contributed by atoms with Crippen LogP contribution in [0.4, 0.5) is 5.69 Å². The van der Waals surface area contributed by atoms with Crippen LogP contribution in [0.5, 0.6) is 11.5 Å². The molecule has 34 heavy (non-hydrogen) atoms. The fraction of sp³-hybridized carbons (Fsp3) is 0.160. The molecule has 0 aliphatic heterocycles. The molecule has 0 atom stereocenters. The van der Waals surface area contributed by atoms with Crippen molar-refractivity contribution in [3.8, 4) is 11.5 Å². The van der Waals surface area contributed by atoms with Crippen LogP contribution < -0.4 is 20.2 Å². The van der Waals surface area contributed by atoms with Gasteiger partial charge in [0.1, 0.15) is 18.1 Å². The van der Waals surface area contributed by atoms with Crippen LogP contribution in [0.1, 0.15) is 24.0 Å². The Labute approximate surface area is 214 Å². The fourth-order valence-electron chi connectivity index (χ4n) is 2.88. The highest BCUT2D eigenvalue weighted by molar-refractivity contribution is 9.10. The summed E-state index contributed by atoms with van der Waals surface area (Å²) in [6.45, 7) is 0.444. The van der Waals surface area contributed by atoms with E-state index in [0.29, 0.717) is 23.8 Å². The fourth-order valence-corrected chi connectivity index (χ4v) is 3.65. The van der Waals surface area contributed by atoms with Gasteiger partial charge in [0.2, 0.25) is 11.8 Å². The summed E-state index contributed by atoms with van der Waals surface area (Å²) < 4.78 is 12.8. The number of rotatable bonds is 10. The first kappa shape index (κ1) is 25.5. The Bertz CT molecular complexity index is 1170. The number of anilines is 1. The molecule has 0 saturated heterocycles. The van der Waals surface area contributed by atoms with Crippen molar-refractivity contribution in [2.45, 2.75) is 19.4 Å². The highest BCUT2D eigenvalue weighted by Gasteiger charge is 2.09. The first-order chi connectivity index (χ1) is 16.4. The number of nitrogens with zero attached hydrogens (tertiary/aromatic N) is 1. The Hall–Kier alpha value is -3.17. The van der Waals surface area contributed by atoms with Crippen molar-refractivity contribution < 1.29 is 19.1 Å². The van der Waals surface area contributed by atoms with E-state index in [0.717, 1.165) is 20.1 Å². The van der Waals surface area contributed by atoms with Crippen molar-refractivity contribution in [2.24, 2.45) is 5.10 Å². The topological polar surface area (TPSA) is 89.0 Å². The van der Waals surface area contributed by atoms with Crippen LogP contribution in [0.15, 0.2) is 80.8 Å². The molecule has 0 fully saturated rings. The lowest BCUT2D eigenvalue weighted by atomic mass is 10.2. The highest BCUT2D eigenvalue weighted by Crippen LogP contribution is 2.26. The van der Waals surface area contributed by atoms with Gasteiger partial charge in [-0.05, 0) is 69.5 Å². The SMILES string of the molecule is COc1ccccc1NC(=O)CCC(=O)NN=Cc1ccc(OCc2ccc(Br)cc2)c(Br)c1. The minimum absolute atomic E-state index is 0.00481. The molecule has 3 aromatic rings. The second-order valence-electron chi connectivity index (χ2n) is 7.15. The number of nitrogens with one attached hydrogen (secondary N) is 2. The van der Waals surface area contributed by atoms with Crippen LogP contribution in [-0.2, 0) is 16.2 Å². The van der Waals surface area contributed by atoms with Gasteiger partial charge in [-0.3, -0.25) is 9.59 Å². The standard InChI is InChI=1S/C25H23Br2N3O4/c1-33-23-5-3-2-4-21(23)29-24(31)12-13-25(32)30-28-15-18-8-11-22(20(27)14-18)34-16-17-6-9-19(26)10-7-17/h2-11,14-15H,12-13,16H2,1H3,(H,29,31)(H,30,32). The molecular weight excluding hydrogens is 566 g/mol. The maximum absolute atomic E-state index is 12.1. The van der Waals surface area contributed by atoms with Crippen LogP contribution in [0.25, 0.3) is 0 Å². The highest BCUT2D eigenvalue weighted by atomic mass is 79.9. The summed E-state index contributed by atoms with van der Waals surface area (Å²) in [5, 5.41) is 6.69. The predicted octanol–water partition coefficient (Wildman–Crippen LogP) is 5.67. The number of hydrazone groups is 1. The van der Waals surface area contributed by atoms with E-state index >= 15 is 0 Å². The molecule has 2 N–H and O–H groups in total. The quantitative estimate of drug-likeness (QED) is 0.236. The van der Waals surface area contributed by atoms with Gasteiger partial charge in [-0.2, -0.15) is 5.10 Å². The van der Waals surface area contributed by atoms with Gasteiger partial charge < -0.3 is 14.8 Å². The van der Waals surface area contributed by atoms with Crippen LogP contribution in [-0.4, -0.2) is 25.1 Å². The first-order valence-corrected chi connectivity index (χ1v) is 11.9. The molecule has 0 aliphatic rings. The zero-order chi connectivity index (χ0) is 24.3. The average molecular weight is 589 g/mol. The molecule has 176 valence electrons. The summed E-state index contributed by atoms with van der Waals surface area (Å²) in [5.41, 5.74) is 4.82. The molecule has 0 radical (unpaired) electrons. The van der Waals surface area contributed by atoms with Crippen molar-refractivity contribution in [3.05, 3.63) is 86.8 Å². The van der Waals surface area contributed by atoms with Crippen LogP contribution >= 0.6 is 31.9 Å². The van der Waals surface area contributed by atoms with Crippen LogP contribution in [0.3, 0.4) is 0 Å². The van der Waals surface area contributed by atoms with Gasteiger partial charge in [0.25, 0.3) is 0 Å². The van der Waals surface area contributed by atoms with E-state index in [4.69, 9.17) is 9.47 Å². The second-order valence-corrected chi connectivity index (χ2v) is 8.92. The van der Waals surface area contributed by atoms with E-state index in [1.54, 1.807) is 18.2 Å². The molecule has 0 saturated carbocycles. The van der Waals surface area contributed by atoms with Crippen LogP contribution in [0, 0.1) is 0 Å². The molecule has 0 unspecified atom stereocenters. The van der Waals surface area contributed by atoms with Crippen molar-refractivity contribution in [1.29, 1.82) is 0 Å². The third-order valence-corrected chi connectivity index (χ3v) is 5.77. The molecule has 0 spiro atoms. The number of halogens is 2. The van der Waals surface area contributed by atoms with E-state index in [9.17, 15) is 9.59 Å². The van der Waals surface area contributed by atoms with E-state index in [1.807, 2.05) is 48.5 Å². The number of methoxy groups -OCH3 is 1. The number of benzene rings is 3. The molecule has 7 nitrogen and oxygen atoms in total. The van der Waals surface area contributed by atoms with Crippen molar-refractivity contribution in [2.75, 3.05) is 12.4 Å². The normalized spacial score (nSPS) is 10.7. The lowest BCUT2D eigenvalue weighted by molar-refractivity contribution is -0.124. The minimum atomic E-state index is -0.361. The Morgan fingerprint density at radius 3 is 2.41 bits per heavy atom. The largest absolute Gasteiger partial charge is 0.495 e. The van der Waals surface area contributed by atoms with E-state index in [-0.39, 0.29) is 24.7 Å². The van der Waals surface area contributed by atoms with Crippen molar-refractivity contribution in [1.82, 2.24) is 5.43 Å². The smallest absolute Gasteiger partial charge is 0.240 e. The molecule has 2 amide bonds. The lowest BCUT2D eigenvalue weighted by Crippen LogP contribution is -2.20. The third-order valence-electron chi connectivity index (χ3n) is 4.63. The first-order valence-electron chi connectivity index (χ1n) is 10.4. The minimum Gasteiger partial charge on any atom is -0.495 e. The zero-order valence-electron chi connectivity index (χ0n) is 18.4. The summed E-state index contributed by atoms with van der Waals surface area (Å²) >= 11 is 6.91. The van der Waals surface area contributed by atoms with E-state index in [1.165, 1.54) is 13.3 Å². The van der Waals surface area contributed by atoms with Crippen molar-refractivity contribution in [3.63, 3.8) is 0 Å². The average Bonchev–Trinajstić information content (AvgIpc) is 2.83. The predicted molar refractivity (Wildman–Crippen MR) is 139 cm³/mol. The van der Waals surface area contributed by atoms with Gasteiger partial charge >= 0.3 is 0 Å². The van der Waals surface area contributed by atoms with Gasteiger partial charge in [0.15, 0.2) is 0 Å². The van der Waals surface area contributed by atoms with Gasteiger partial charge in [0, 0.05) is 17.3 Å². The molecule has 0 heterocycles.